The van der Waals surface area contributed by atoms with Crippen molar-refractivity contribution in [3.63, 3.8) is 0 Å². The lowest BCUT2D eigenvalue weighted by atomic mass is 9.82. The molecule has 148 valence electrons. The maximum Gasteiger partial charge on any atom is 0.172 e. The number of benzene rings is 1. The Hall–Kier alpha value is -2.03. The molecular weight excluding hydrogens is 394 g/mol. The second-order valence-corrected chi connectivity index (χ2v) is 10.5. The van der Waals surface area contributed by atoms with Crippen LogP contribution in [0.1, 0.15) is 12.8 Å². The SMILES string of the molecule is CS(=O)(=O)CC1(CNc2nc(-c3cccs3)nc3ccccc23)CCOCC1. The molecule has 2 aromatic heterocycles. The van der Waals surface area contributed by atoms with E-state index in [0.717, 1.165) is 21.6 Å². The van der Waals surface area contributed by atoms with E-state index in [2.05, 4.69) is 5.32 Å². The number of ether oxygens (including phenoxy) is 1. The van der Waals surface area contributed by atoms with Crippen molar-refractivity contribution in [2.45, 2.75) is 12.8 Å². The minimum absolute atomic E-state index is 0.150. The number of para-hydroxylation sites is 1. The van der Waals surface area contributed by atoms with Crippen molar-refractivity contribution in [3.8, 4) is 10.7 Å². The number of thiophene rings is 1. The van der Waals surface area contributed by atoms with Crippen molar-refractivity contribution in [3.05, 3.63) is 41.8 Å². The van der Waals surface area contributed by atoms with Crippen LogP contribution in [0.5, 0.6) is 0 Å². The molecule has 1 N–H and O–H groups in total. The van der Waals surface area contributed by atoms with Crippen molar-refractivity contribution in [1.82, 2.24) is 9.97 Å². The van der Waals surface area contributed by atoms with Gasteiger partial charge in [0.15, 0.2) is 5.82 Å². The Morgan fingerprint density at radius 3 is 2.64 bits per heavy atom. The summed E-state index contributed by atoms with van der Waals surface area (Å²) in [5, 5.41) is 6.40. The highest BCUT2D eigenvalue weighted by Crippen LogP contribution is 2.34. The molecular formula is C20H23N3O3S2. The third kappa shape index (κ3) is 4.34. The summed E-state index contributed by atoms with van der Waals surface area (Å²) in [6.45, 7) is 1.71. The van der Waals surface area contributed by atoms with Crippen molar-refractivity contribution in [1.29, 1.82) is 0 Å². The number of nitrogens with zero attached hydrogens (tertiary/aromatic N) is 2. The molecule has 6 nitrogen and oxygen atoms in total. The molecule has 8 heteroatoms. The standard InChI is InChI=1S/C20H23N3O3S2/c1-28(24,25)14-20(8-10-26-11-9-20)13-21-18-15-5-2-3-6-16(15)22-19(23-18)17-7-4-12-27-17/h2-7,12H,8-11,13-14H2,1H3,(H,21,22,23). The third-order valence-electron chi connectivity index (χ3n) is 5.10. The summed E-state index contributed by atoms with van der Waals surface area (Å²) in [5.41, 5.74) is 0.522. The molecule has 1 fully saturated rings. The summed E-state index contributed by atoms with van der Waals surface area (Å²) in [6, 6.07) is 11.9. The first-order valence-corrected chi connectivity index (χ1v) is 12.2. The fraction of sp³-hybridized carbons (Fsp3) is 0.400. The van der Waals surface area contributed by atoms with E-state index in [4.69, 9.17) is 14.7 Å². The number of rotatable bonds is 6. The van der Waals surface area contributed by atoms with E-state index in [1.54, 1.807) is 11.3 Å². The molecule has 0 bridgehead atoms. The van der Waals surface area contributed by atoms with E-state index >= 15 is 0 Å². The van der Waals surface area contributed by atoms with E-state index in [9.17, 15) is 8.42 Å². The van der Waals surface area contributed by atoms with Crippen molar-refractivity contribution in [2.75, 3.05) is 37.1 Å². The van der Waals surface area contributed by atoms with Gasteiger partial charge in [-0.1, -0.05) is 18.2 Å². The first-order valence-electron chi connectivity index (χ1n) is 9.24. The summed E-state index contributed by atoms with van der Waals surface area (Å²) in [6.07, 6.45) is 2.74. The highest BCUT2D eigenvalue weighted by Gasteiger charge is 2.36. The van der Waals surface area contributed by atoms with E-state index in [-0.39, 0.29) is 11.2 Å². The first-order chi connectivity index (χ1) is 13.4. The highest BCUT2D eigenvalue weighted by molar-refractivity contribution is 7.90. The molecule has 0 saturated carbocycles. The predicted molar refractivity (Wildman–Crippen MR) is 114 cm³/mol. The summed E-state index contributed by atoms with van der Waals surface area (Å²) >= 11 is 1.60. The Bertz CT molecular complexity index is 1060. The highest BCUT2D eigenvalue weighted by atomic mass is 32.2. The van der Waals surface area contributed by atoms with Gasteiger partial charge >= 0.3 is 0 Å². The van der Waals surface area contributed by atoms with Crippen LogP contribution >= 0.6 is 11.3 Å². The lowest BCUT2D eigenvalue weighted by Crippen LogP contribution is -2.41. The molecule has 1 aliphatic rings. The Labute approximate surface area is 168 Å². The molecule has 0 atom stereocenters. The first kappa shape index (κ1) is 19.3. The second kappa shape index (κ2) is 7.77. The van der Waals surface area contributed by atoms with Crippen LogP contribution < -0.4 is 5.32 Å². The minimum Gasteiger partial charge on any atom is -0.381 e. The van der Waals surface area contributed by atoms with Crippen LogP contribution in [0.4, 0.5) is 5.82 Å². The molecule has 0 spiro atoms. The van der Waals surface area contributed by atoms with Gasteiger partial charge in [0.25, 0.3) is 0 Å². The maximum atomic E-state index is 12.0. The molecule has 1 aliphatic heterocycles. The molecule has 4 rings (SSSR count). The molecule has 3 aromatic rings. The molecule has 1 saturated heterocycles. The summed E-state index contributed by atoms with van der Waals surface area (Å²) in [4.78, 5) is 10.5. The van der Waals surface area contributed by atoms with Crippen LogP contribution in [0.25, 0.3) is 21.6 Å². The number of nitrogens with one attached hydrogen (secondary N) is 1. The summed E-state index contributed by atoms with van der Waals surface area (Å²) in [5.74, 6) is 1.57. The van der Waals surface area contributed by atoms with Crippen molar-refractivity contribution < 1.29 is 13.2 Å². The van der Waals surface area contributed by atoms with Crippen LogP contribution in [-0.2, 0) is 14.6 Å². The van der Waals surface area contributed by atoms with Gasteiger partial charge in [0.05, 0.1) is 16.1 Å². The van der Waals surface area contributed by atoms with Crippen molar-refractivity contribution >= 4 is 37.9 Å². The quantitative estimate of drug-likeness (QED) is 0.660. The van der Waals surface area contributed by atoms with Crippen LogP contribution in [0, 0.1) is 5.41 Å². The van der Waals surface area contributed by atoms with Gasteiger partial charge in [-0.3, -0.25) is 0 Å². The zero-order valence-corrected chi connectivity index (χ0v) is 17.4. The normalized spacial score (nSPS) is 16.9. The van der Waals surface area contributed by atoms with E-state index in [1.165, 1.54) is 6.26 Å². The van der Waals surface area contributed by atoms with Gasteiger partial charge in [0.1, 0.15) is 15.7 Å². The van der Waals surface area contributed by atoms with Crippen LogP contribution in [0.2, 0.25) is 0 Å². The lowest BCUT2D eigenvalue weighted by Gasteiger charge is -2.36. The topological polar surface area (TPSA) is 81.2 Å². The Balaban J connectivity index is 1.68. The van der Waals surface area contributed by atoms with E-state index in [0.29, 0.717) is 38.4 Å². The monoisotopic (exact) mass is 417 g/mol. The summed E-state index contributed by atoms with van der Waals surface area (Å²) in [7, 11) is -3.10. The van der Waals surface area contributed by atoms with Gasteiger partial charge in [-0.2, -0.15) is 0 Å². The van der Waals surface area contributed by atoms with Gasteiger partial charge in [-0.05, 0) is 36.4 Å². The van der Waals surface area contributed by atoms with Gasteiger partial charge in [0, 0.05) is 36.8 Å². The zero-order chi connectivity index (χ0) is 19.6. The van der Waals surface area contributed by atoms with Crippen molar-refractivity contribution in [2.24, 2.45) is 5.41 Å². The van der Waals surface area contributed by atoms with E-state index in [1.807, 2.05) is 41.8 Å². The molecule has 3 heterocycles. The Morgan fingerprint density at radius 1 is 1.14 bits per heavy atom. The Kier molecular flexibility index (Phi) is 5.35. The van der Waals surface area contributed by atoms with Crippen LogP contribution in [0.15, 0.2) is 41.8 Å². The minimum atomic E-state index is -3.10. The Morgan fingerprint density at radius 2 is 1.93 bits per heavy atom. The number of aromatic nitrogens is 2. The maximum absolute atomic E-state index is 12.0. The van der Waals surface area contributed by atoms with Crippen LogP contribution in [-0.4, -0.2) is 50.2 Å². The number of anilines is 1. The number of sulfone groups is 1. The largest absolute Gasteiger partial charge is 0.381 e. The predicted octanol–water partition coefficient (Wildman–Crippen LogP) is 3.61. The number of hydrogen-bond donors (Lipinski definition) is 1. The van der Waals surface area contributed by atoms with Crippen LogP contribution in [0.3, 0.4) is 0 Å². The van der Waals surface area contributed by atoms with Gasteiger partial charge in [-0.25, -0.2) is 18.4 Å². The zero-order valence-electron chi connectivity index (χ0n) is 15.7. The van der Waals surface area contributed by atoms with E-state index < -0.39 is 9.84 Å². The molecule has 0 radical (unpaired) electrons. The van der Waals surface area contributed by atoms with Gasteiger partial charge in [0.2, 0.25) is 0 Å². The molecule has 28 heavy (non-hydrogen) atoms. The average molecular weight is 418 g/mol. The fourth-order valence-electron chi connectivity index (χ4n) is 3.73. The summed E-state index contributed by atoms with van der Waals surface area (Å²) < 4.78 is 29.6. The molecule has 0 amide bonds. The average Bonchev–Trinajstić information content (AvgIpc) is 3.20. The van der Waals surface area contributed by atoms with Gasteiger partial charge in [-0.15, -0.1) is 11.3 Å². The number of fused-ring (bicyclic) bond motifs is 1. The second-order valence-electron chi connectivity index (χ2n) is 7.43. The molecule has 0 unspecified atom stereocenters. The third-order valence-corrected chi connectivity index (χ3v) is 7.10. The number of hydrogen-bond acceptors (Lipinski definition) is 7. The smallest absolute Gasteiger partial charge is 0.172 e. The molecule has 1 aromatic carbocycles. The molecule has 0 aliphatic carbocycles. The lowest BCUT2D eigenvalue weighted by molar-refractivity contribution is 0.0315. The fourth-order valence-corrected chi connectivity index (χ4v) is 5.89. The van der Waals surface area contributed by atoms with Gasteiger partial charge < -0.3 is 10.1 Å².